The van der Waals surface area contributed by atoms with Crippen LogP contribution in [0.5, 0.6) is 11.6 Å². The number of nitrogens with two attached hydrogens (primary N) is 1. The van der Waals surface area contributed by atoms with Crippen molar-refractivity contribution < 1.29 is 9.66 Å². The van der Waals surface area contributed by atoms with E-state index in [1.54, 1.807) is 19.9 Å². The fourth-order valence-electron chi connectivity index (χ4n) is 1.78. The molecule has 0 amide bonds. The number of hydrogen-bond donors (Lipinski definition) is 2. The maximum absolute atomic E-state index is 11.1. The molecule has 0 saturated heterocycles. The Morgan fingerprint density at radius 2 is 2.05 bits per heavy atom. The minimum atomic E-state index is -0.487. The summed E-state index contributed by atoms with van der Waals surface area (Å²) in [6.07, 6.45) is 1.25. The molecule has 104 valence electrons. The van der Waals surface area contributed by atoms with Gasteiger partial charge in [-0.3, -0.25) is 10.1 Å². The highest BCUT2D eigenvalue weighted by atomic mass is 16.6. The van der Waals surface area contributed by atoms with Crippen LogP contribution in [0.4, 0.5) is 11.5 Å². The van der Waals surface area contributed by atoms with Gasteiger partial charge in [0.25, 0.3) is 0 Å². The number of benzene rings is 1. The zero-order valence-corrected chi connectivity index (χ0v) is 11.0. The highest BCUT2D eigenvalue weighted by Crippen LogP contribution is 2.35. The molecule has 2 aromatic rings. The molecule has 8 heteroatoms. The number of nitro groups is 1. The van der Waals surface area contributed by atoms with Gasteiger partial charge in [0, 0.05) is 12.1 Å². The lowest BCUT2D eigenvalue weighted by atomic mass is 10.1. The first-order chi connectivity index (χ1) is 9.51. The molecule has 0 radical (unpaired) electrons. The van der Waals surface area contributed by atoms with Gasteiger partial charge < -0.3 is 10.2 Å². The summed E-state index contributed by atoms with van der Waals surface area (Å²) in [5, 5.41) is 11.1. The summed E-state index contributed by atoms with van der Waals surface area (Å²) in [5.74, 6) is 5.91. The van der Waals surface area contributed by atoms with Crippen molar-refractivity contribution in [2.24, 2.45) is 5.84 Å². The van der Waals surface area contributed by atoms with Gasteiger partial charge in [0.15, 0.2) is 0 Å². The molecule has 1 aromatic carbocycles. The van der Waals surface area contributed by atoms with Gasteiger partial charge >= 0.3 is 5.69 Å². The first kappa shape index (κ1) is 13.7. The quantitative estimate of drug-likeness (QED) is 0.498. The van der Waals surface area contributed by atoms with Gasteiger partial charge in [0.2, 0.25) is 11.6 Å². The summed E-state index contributed by atoms with van der Waals surface area (Å²) < 4.78 is 5.51. The number of anilines is 1. The van der Waals surface area contributed by atoms with Crippen molar-refractivity contribution in [1.29, 1.82) is 0 Å². The Labute approximate surface area is 114 Å². The Morgan fingerprint density at radius 3 is 2.70 bits per heavy atom. The second kappa shape index (κ2) is 5.49. The summed E-state index contributed by atoms with van der Waals surface area (Å²) in [5.41, 5.74) is 3.68. The number of nitrogens with one attached hydrogen (secondary N) is 1. The highest BCUT2D eigenvalue weighted by molar-refractivity contribution is 5.55. The van der Waals surface area contributed by atoms with Crippen molar-refractivity contribution in [3.63, 3.8) is 0 Å². The molecule has 20 heavy (non-hydrogen) atoms. The van der Waals surface area contributed by atoms with Crippen LogP contribution < -0.4 is 16.0 Å². The van der Waals surface area contributed by atoms with Crippen LogP contribution in [-0.2, 0) is 0 Å². The molecule has 2 rings (SSSR count). The largest absolute Gasteiger partial charge is 0.431 e. The van der Waals surface area contributed by atoms with Crippen LogP contribution in [-0.4, -0.2) is 14.9 Å². The molecule has 0 aliphatic heterocycles. The Kier molecular flexibility index (Phi) is 3.76. The van der Waals surface area contributed by atoms with E-state index in [0.29, 0.717) is 11.4 Å². The van der Waals surface area contributed by atoms with Crippen LogP contribution in [0.1, 0.15) is 11.1 Å². The summed E-state index contributed by atoms with van der Waals surface area (Å²) in [6.45, 7) is 3.52. The molecule has 0 fully saturated rings. The molecule has 0 aliphatic rings. The lowest BCUT2D eigenvalue weighted by Crippen LogP contribution is -2.08. The standard InChI is InChI=1S/C12H13N5O3/c1-7-3-8(2)12(9(4-7)17(18)19)20-11-5-10(16-13)14-6-15-11/h3-6H,13H2,1-2H3,(H,14,15,16). The van der Waals surface area contributed by atoms with E-state index in [1.807, 2.05) is 0 Å². The van der Waals surface area contributed by atoms with Crippen molar-refractivity contribution in [2.75, 3.05) is 5.43 Å². The van der Waals surface area contributed by atoms with E-state index in [1.165, 1.54) is 18.5 Å². The third-order valence-electron chi connectivity index (χ3n) is 2.59. The number of aromatic nitrogens is 2. The Balaban J connectivity index is 2.44. The topological polar surface area (TPSA) is 116 Å². The van der Waals surface area contributed by atoms with E-state index < -0.39 is 4.92 Å². The predicted octanol–water partition coefficient (Wildman–Crippen LogP) is 2.08. The van der Waals surface area contributed by atoms with E-state index in [4.69, 9.17) is 10.6 Å². The average molecular weight is 275 g/mol. The monoisotopic (exact) mass is 275 g/mol. The summed E-state index contributed by atoms with van der Waals surface area (Å²) in [7, 11) is 0. The van der Waals surface area contributed by atoms with Crippen molar-refractivity contribution in [1.82, 2.24) is 9.97 Å². The summed E-state index contributed by atoms with van der Waals surface area (Å²) in [4.78, 5) is 18.3. The minimum Gasteiger partial charge on any atom is -0.431 e. The van der Waals surface area contributed by atoms with E-state index >= 15 is 0 Å². The van der Waals surface area contributed by atoms with Gasteiger partial charge in [-0.2, -0.15) is 0 Å². The first-order valence-corrected chi connectivity index (χ1v) is 5.73. The fraction of sp³-hybridized carbons (Fsp3) is 0.167. The van der Waals surface area contributed by atoms with Crippen molar-refractivity contribution in [3.05, 3.63) is 45.8 Å². The maximum Gasteiger partial charge on any atom is 0.312 e. The van der Waals surface area contributed by atoms with E-state index in [2.05, 4.69) is 15.4 Å². The molecular formula is C12H13N5O3. The molecule has 1 heterocycles. The smallest absolute Gasteiger partial charge is 0.312 e. The van der Waals surface area contributed by atoms with Gasteiger partial charge in [0.1, 0.15) is 12.1 Å². The zero-order chi connectivity index (χ0) is 14.7. The number of ether oxygens (including phenoxy) is 1. The molecule has 0 atom stereocenters. The molecule has 8 nitrogen and oxygen atoms in total. The average Bonchev–Trinajstić information content (AvgIpc) is 2.41. The van der Waals surface area contributed by atoms with Crippen LogP contribution in [0.3, 0.4) is 0 Å². The van der Waals surface area contributed by atoms with Crippen LogP contribution in [0.25, 0.3) is 0 Å². The van der Waals surface area contributed by atoms with Gasteiger partial charge in [-0.1, -0.05) is 6.07 Å². The van der Waals surface area contributed by atoms with Crippen LogP contribution in [0.15, 0.2) is 24.5 Å². The first-order valence-electron chi connectivity index (χ1n) is 5.73. The second-order valence-corrected chi connectivity index (χ2v) is 4.18. The van der Waals surface area contributed by atoms with Gasteiger partial charge in [0.05, 0.1) is 4.92 Å². The van der Waals surface area contributed by atoms with Crippen LogP contribution >= 0.6 is 0 Å². The third kappa shape index (κ3) is 2.81. The Morgan fingerprint density at radius 1 is 1.30 bits per heavy atom. The fourth-order valence-corrected chi connectivity index (χ4v) is 1.78. The maximum atomic E-state index is 11.1. The normalized spacial score (nSPS) is 10.2. The number of hydrazine groups is 1. The molecule has 0 bridgehead atoms. The lowest BCUT2D eigenvalue weighted by Gasteiger charge is -2.09. The molecule has 1 aromatic heterocycles. The molecule has 0 unspecified atom stereocenters. The van der Waals surface area contributed by atoms with E-state index in [-0.39, 0.29) is 17.3 Å². The Hall–Kier alpha value is -2.74. The number of nitrogen functional groups attached to an aromatic ring is 1. The number of nitro benzene ring substituents is 1. The van der Waals surface area contributed by atoms with Gasteiger partial charge in [-0.05, 0) is 25.0 Å². The second-order valence-electron chi connectivity index (χ2n) is 4.18. The predicted molar refractivity (Wildman–Crippen MR) is 72.5 cm³/mol. The number of aryl methyl sites for hydroxylation is 2. The number of nitrogens with zero attached hydrogens (tertiary/aromatic N) is 3. The third-order valence-corrected chi connectivity index (χ3v) is 2.59. The molecule has 0 saturated carbocycles. The van der Waals surface area contributed by atoms with Crippen LogP contribution in [0.2, 0.25) is 0 Å². The zero-order valence-electron chi connectivity index (χ0n) is 11.0. The van der Waals surface area contributed by atoms with Crippen LogP contribution in [0, 0.1) is 24.0 Å². The van der Waals surface area contributed by atoms with Crippen molar-refractivity contribution >= 4 is 11.5 Å². The SMILES string of the molecule is Cc1cc(C)c(Oc2cc(NN)ncn2)c([N+](=O)[O-])c1. The Bertz CT molecular complexity index is 660. The summed E-state index contributed by atoms with van der Waals surface area (Å²) >= 11 is 0. The van der Waals surface area contributed by atoms with E-state index in [9.17, 15) is 10.1 Å². The molecule has 3 N–H and O–H groups in total. The summed E-state index contributed by atoms with van der Waals surface area (Å²) in [6, 6.07) is 4.69. The van der Waals surface area contributed by atoms with Crippen molar-refractivity contribution in [3.8, 4) is 11.6 Å². The minimum absolute atomic E-state index is 0.108. The molecule has 0 aliphatic carbocycles. The lowest BCUT2D eigenvalue weighted by molar-refractivity contribution is -0.385. The molecule has 0 spiro atoms. The number of hydrogen-bond acceptors (Lipinski definition) is 7. The number of rotatable bonds is 4. The highest BCUT2D eigenvalue weighted by Gasteiger charge is 2.19. The van der Waals surface area contributed by atoms with Gasteiger partial charge in [-0.15, -0.1) is 0 Å². The van der Waals surface area contributed by atoms with Gasteiger partial charge in [-0.25, -0.2) is 15.8 Å². The van der Waals surface area contributed by atoms with E-state index in [0.717, 1.165) is 5.56 Å². The van der Waals surface area contributed by atoms with Crippen molar-refractivity contribution in [2.45, 2.75) is 13.8 Å². The molecular weight excluding hydrogens is 262 g/mol.